The van der Waals surface area contributed by atoms with Gasteiger partial charge in [0.2, 0.25) is 0 Å². The number of rotatable bonds is 6. The molecule has 0 aliphatic rings. The second-order valence-electron chi connectivity index (χ2n) is 4.41. The fourth-order valence-corrected chi connectivity index (χ4v) is 2.32. The van der Waals surface area contributed by atoms with Crippen molar-refractivity contribution in [1.29, 1.82) is 0 Å². The van der Waals surface area contributed by atoms with Gasteiger partial charge in [-0.15, -0.1) is 11.8 Å². The normalized spacial score (nSPS) is 10.9. The molecule has 1 aromatic rings. The van der Waals surface area contributed by atoms with Crippen molar-refractivity contribution in [2.45, 2.75) is 37.1 Å². The van der Waals surface area contributed by atoms with Crippen LogP contribution in [0.4, 0.5) is 10.5 Å². The molecule has 0 unspecified atom stereocenters. The number of nitrogens with one attached hydrogen (secondary N) is 2. The van der Waals surface area contributed by atoms with Crippen LogP contribution in [0.25, 0.3) is 0 Å². The average molecular weight is 296 g/mol. The van der Waals surface area contributed by atoms with Crippen LogP contribution in [0.5, 0.6) is 0 Å². The lowest BCUT2D eigenvalue weighted by molar-refractivity contribution is -0.144. The highest BCUT2D eigenvalue weighted by Crippen LogP contribution is 2.20. The van der Waals surface area contributed by atoms with E-state index in [1.54, 1.807) is 31.7 Å². The number of carbonyl (C=O) groups excluding carboxylic acids is 1. The number of carboxylic acids is 1. The lowest BCUT2D eigenvalue weighted by Crippen LogP contribution is -2.54. The first kappa shape index (κ1) is 16.4. The number of thioether (sulfide) groups is 1. The summed E-state index contributed by atoms with van der Waals surface area (Å²) in [5.74, 6) is -1.02. The zero-order chi connectivity index (χ0) is 15.2. The predicted octanol–water partition coefficient (Wildman–Crippen LogP) is 3.17. The van der Waals surface area contributed by atoms with Gasteiger partial charge in [-0.25, -0.2) is 9.59 Å². The van der Waals surface area contributed by atoms with E-state index < -0.39 is 17.5 Å². The van der Waals surface area contributed by atoms with Crippen molar-refractivity contribution in [2.24, 2.45) is 0 Å². The molecule has 0 aliphatic carbocycles. The standard InChI is InChI=1S/C14H20N2O3S/c1-4-14(5-2,12(17)18)16-13(19)15-10-7-6-8-11(9-10)20-3/h6-9H,4-5H2,1-3H3,(H,17,18)(H2,15,16,19). The Morgan fingerprint density at radius 3 is 2.45 bits per heavy atom. The molecule has 0 fully saturated rings. The van der Waals surface area contributed by atoms with E-state index in [1.165, 1.54) is 0 Å². The van der Waals surface area contributed by atoms with Gasteiger partial charge in [0.15, 0.2) is 0 Å². The number of hydrogen-bond acceptors (Lipinski definition) is 3. The fraction of sp³-hybridized carbons (Fsp3) is 0.429. The molecule has 0 heterocycles. The number of anilines is 1. The van der Waals surface area contributed by atoms with E-state index >= 15 is 0 Å². The molecule has 3 N–H and O–H groups in total. The van der Waals surface area contributed by atoms with Crippen molar-refractivity contribution in [3.8, 4) is 0 Å². The van der Waals surface area contributed by atoms with Gasteiger partial charge in [-0.05, 0) is 37.3 Å². The lowest BCUT2D eigenvalue weighted by atomic mass is 9.93. The van der Waals surface area contributed by atoms with Gasteiger partial charge in [0, 0.05) is 10.6 Å². The molecular formula is C14H20N2O3S. The highest BCUT2D eigenvalue weighted by atomic mass is 32.2. The predicted molar refractivity (Wildman–Crippen MR) is 81.3 cm³/mol. The Morgan fingerprint density at radius 1 is 1.30 bits per heavy atom. The third-order valence-corrected chi connectivity index (χ3v) is 4.02. The first-order chi connectivity index (χ1) is 9.47. The summed E-state index contributed by atoms with van der Waals surface area (Å²) in [4.78, 5) is 24.3. The Kier molecular flexibility index (Phi) is 5.88. The average Bonchev–Trinajstić information content (AvgIpc) is 2.44. The van der Waals surface area contributed by atoms with E-state index in [1.807, 2.05) is 24.5 Å². The van der Waals surface area contributed by atoms with Gasteiger partial charge in [-0.1, -0.05) is 19.9 Å². The molecule has 2 amide bonds. The summed E-state index contributed by atoms with van der Waals surface area (Å²) >= 11 is 1.57. The number of aliphatic carboxylic acids is 1. The van der Waals surface area contributed by atoms with Crippen molar-refractivity contribution < 1.29 is 14.7 Å². The largest absolute Gasteiger partial charge is 0.480 e. The maximum Gasteiger partial charge on any atom is 0.329 e. The number of carboxylic acid groups (broad SMARTS) is 1. The number of urea groups is 1. The maximum atomic E-state index is 12.0. The Bertz CT molecular complexity index is 487. The first-order valence-electron chi connectivity index (χ1n) is 6.44. The summed E-state index contributed by atoms with van der Waals surface area (Å²) < 4.78 is 0. The van der Waals surface area contributed by atoms with E-state index in [0.717, 1.165) is 4.90 Å². The summed E-state index contributed by atoms with van der Waals surface area (Å²) in [6, 6.07) is 6.87. The highest BCUT2D eigenvalue weighted by molar-refractivity contribution is 7.98. The molecule has 6 heteroatoms. The van der Waals surface area contributed by atoms with Gasteiger partial charge in [0.25, 0.3) is 0 Å². The van der Waals surface area contributed by atoms with Crippen molar-refractivity contribution >= 4 is 29.4 Å². The minimum Gasteiger partial charge on any atom is -0.480 e. The Balaban J connectivity index is 2.78. The smallest absolute Gasteiger partial charge is 0.329 e. The molecule has 20 heavy (non-hydrogen) atoms. The van der Waals surface area contributed by atoms with E-state index in [-0.39, 0.29) is 0 Å². The molecule has 0 saturated carbocycles. The topological polar surface area (TPSA) is 78.4 Å². The number of benzene rings is 1. The van der Waals surface area contributed by atoms with Crippen molar-refractivity contribution in [2.75, 3.05) is 11.6 Å². The second kappa shape index (κ2) is 7.19. The summed E-state index contributed by atoms with van der Waals surface area (Å²) in [6.07, 6.45) is 2.61. The highest BCUT2D eigenvalue weighted by Gasteiger charge is 2.36. The number of carbonyl (C=O) groups is 2. The van der Waals surface area contributed by atoms with Gasteiger partial charge < -0.3 is 15.7 Å². The third-order valence-electron chi connectivity index (χ3n) is 3.30. The third kappa shape index (κ3) is 3.90. The van der Waals surface area contributed by atoms with Crippen LogP contribution in [-0.4, -0.2) is 28.9 Å². The Morgan fingerprint density at radius 2 is 1.95 bits per heavy atom. The molecule has 1 rings (SSSR count). The minimum absolute atomic E-state index is 0.330. The van der Waals surface area contributed by atoms with Crippen molar-refractivity contribution in [1.82, 2.24) is 5.32 Å². The quantitative estimate of drug-likeness (QED) is 0.705. The zero-order valence-corrected chi connectivity index (χ0v) is 12.7. The van der Waals surface area contributed by atoms with Gasteiger partial charge in [-0.3, -0.25) is 0 Å². The number of hydrogen-bond donors (Lipinski definition) is 3. The molecule has 0 radical (unpaired) electrons. The monoisotopic (exact) mass is 296 g/mol. The molecule has 0 bridgehead atoms. The fourth-order valence-electron chi connectivity index (χ4n) is 1.86. The van der Waals surface area contributed by atoms with E-state index in [0.29, 0.717) is 18.5 Å². The van der Waals surface area contributed by atoms with Crippen LogP contribution in [0, 0.1) is 0 Å². The van der Waals surface area contributed by atoms with Gasteiger partial charge in [0.1, 0.15) is 5.54 Å². The van der Waals surface area contributed by atoms with E-state index in [4.69, 9.17) is 0 Å². The minimum atomic E-state index is -1.22. The van der Waals surface area contributed by atoms with Crippen molar-refractivity contribution in [3.63, 3.8) is 0 Å². The van der Waals surface area contributed by atoms with Crippen LogP contribution in [-0.2, 0) is 4.79 Å². The van der Waals surface area contributed by atoms with Crippen LogP contribution in [0.15, 0.2) is 29.2 Å². The van der Waals surface area contributed by atoms with Gasteiger partial charge in [-0.2, -0.15) is 0 Å². The Labute approximate surface area is 123 Å². The molecule has 0 aromatic heterocycles. The van der Waals surface area contributed by atoms with E-state index in [9.17, 15) is 14.7 Å². The molecule has 0 atom stereocenters. The molecule has 0 spiro atoms. The Hall–Kier alpha value is -1.69. The van der Waals surface area contributed by atoms with Gasteiger partial charge >= 0.3 is 12.0 Å². The molecule has 0 saturated heterocycles. The molecular weight excluding hydrogens is 276 g/mol. The molecule has 110 valence electrons. The van der Waals surface area contributed by atoms with E-state index in [2.05, 4.69) is 10.6 Å². The summed E-state index contributed by atoms with van der Waals surface area (Å²) in [5, 5.41) is 14.5. The molecule has 1 aromatic carbocycles. The van der Waals surface area contributed by atoms with Crippen LogP contribution < -0.4 is 10.6 Å². The van der Waals surface area contributed by atoms with Crippen LogP contribution in [0.1, 0.15) is 26.7 Å². The van der Waals surface area contributed by atoms with Crippen LogP contribution >= 0.6 is 11.8 Å². The lowest BCUT2D eigenvalue weighted by Gasteiger charge is -2.28. The first-order valence-corrected chi connectivity index (χ1v) is 7.66. The van der Waals surface area contributed by atoms with Crippen LogP contribution in [0.2, 0.25) is 0 Å². The summed E-state index contributed by atoms with van der Waals surface area (Å²) in [5.41, 5.74) is -0.581. The zero-order valence-electron chi connectivity index (χ0n) is 11.9. The maximum absolute atomic E-state index is 12.0. The molecule has 0 aliphatic heterocycles. The van der Waals surface area contributed by atoms with Crippen LogP contribution in [0.3, 0.4) is 0 Å². The summed E-state index contributed by atoms with van der Waals surface area (Å²) in [7, 11) is 0. The second-order valence-corrected chi connectivity index (χ2v) is 5.29. The van der Waals surface area contributed by atoms with Gasteiger partial charge in [0.05, 0.1) is 0 Å². The number of amides is 2. The van der Waals surface area contributed by atoms with Crippen molar-refractivity contribution in [3.05, 3.63) is 24.3 Å². The molecule has 5 nitrogen and oxygen atoms in total. The SMILES string of the molecule is CCC(CC)(NC(=O)Nc1cccc(SC)c1)C(=O)O. The summed E-state index contributed by atoms with van der Waals surface area (Å²) in [6.45, 7) is 3.48.